The quantitative estimate of drug-likeness (QED) is 0.191. The molecular formula is C28H22Cl2N2O3. The van der Waals surface area contributed by atoms with E-state index in [9.17, 15) is 14.7 Å². The number of aryl methyl sites for hydroxylation is 3. The molecule has 176 valence electrons. The number of fused-ring (bicyclic) bond motifs is 1. The first-order chi connectivity index (χ1) is 16.7. The van der Waals surface area contributed by atoms with Crippen LogP contribution >= 0.6 is 23.2 Å². The van der Waals surface area contributed by atoms with Crippen molar-refractivity contribution in [1.82, 2.24) is 4.57 Å². The molecule has 3 aromatic carbocycles. The number of carbonyl (C=O) groups is 2. The first kappa shape index (κ1) is 23.2. The lowest BCUT2D eigenvalue weighted by Gasteiger charge is -2.25. The number of ketones is 1. The van der Waals surface area contributed by atoms with Crippen molar-refractivity contribution in [1.29, 1.82) is 0 Å². The van der Waals surface area contributed by atoms with Gasteiger partial charge in [0, 0.05) is 41.0 Å². The number of para-hydroxylation sites is 1. The Morgan fingerprint density at radius 2 is 1.60 bits per heavy atom. The van der Waals surface area contributed by atoms with E-state index < -0.39 is 17.7 Å². The molecule has 1 fully saturated rings. The van der Waals surface area contributed by atoms with Crippen LogP contribution in [0.2, 0.25) is 10.0 Å². The molecule has 0 aliphatic carbocycles. The van der Waals surface area contributed by atoms with E-state index in [4.69, 9.17) is 23.2 Å². The normalized spacial score (nSPS) is 17.5. The van der Waals surface area contributed by atoms with Crippen molar-refractivity contribution < 1.29 is 14.7 Å². The Kier molecular flexibility index (Phi) is 5.70. The SMILES string of the molecule is Cc1cc(C)cc(N2C(=O)C(=O)/C(=C(/O)c3ccc(Cl)c(Cl)c3)C2c2cn(C)c3ccccc23)c1. The summed E-state index contributed by atoms with van der Waals surface area (Å²) in [5.74, 6) is -1.76. The molecular weight excluding hydrogens is 483 g/mol. The van der Waals surface area contributed by atoms with Crippen molar-refractivity contribution in [3.05, 3.63) is 105 Å². The van der Waals surface area contributed by atoms with Crippen molar-refractivity contribution in [2.24, 2.45) is 7.05 Å². The van der Waals surface area contributed by atoms with Gasteiger partial charge in [-0.1, -0.05) is 47.5 Å². The lowest BCUT2D eigenvalue weighted by atomic mass is 9.94. The van der Waals surface area contributed by atoms with Crippen molar-refractivity contribution in [3.8, 4) is 0 Å². The predicted octanol–water partition coefficient (Wildman–Crippen LogP) is 6.73. The third-order valence-electron chi connectivity index (χ3n) is 6.34. The lowest BCUT2D eigenvalue weighted by Crippen LogP contribution is -2.29. The molecule has 1 atom stereocenters. The van der Waals surface area contributed by atoms with Gasteiger partial charge in [0.15, 0.2) is 0 Å². The minimum Gasteiger partial charge on any atom is -0.507 e. The highest BCUT2D eigenvalue weighted by Crippen LogP contribution is 2.45. The van der Waals surface area contributed by atoms with E-state index in [1.54, 1.807) is 12.1 Å². The number of aliphatic hydroxyl groups is 1. The molecule has 1 aliphatic rings. The fourth-order valence-corrected chi connectivity index (χ4v) is 5.17. The highest BCUT2D eigenvalue weighted by Gasteiger charge is 2.48. The smallest absolute Gasteiger partial charge is 0.300 e. The van der Waals surface area contributed by atoms with Crippen LogP contribution in [-0.4, -0.2) is 21.4 Å². The number of anilines is 1. The molecule has 1 saturated heterocycles. The summed E-state index contributed by atoms with van der Waals surface area (Å²) in [4.78, 5) is 28.5. The molecule has 0 saturated carbocycles. The molecule has 1 aromatic heterocycles. The van der Waals surface area contributed by atoms with Crippen LogP contribution in [0.3, 0.4) is 0 Å². The van der Waals surface area contributed by atoms with Crippen LogP contribution in [0.25, 0.3) is 16.7 Å². The van der Waals surface area contributed by atoms with E-state index in [1.807, 2.05) is 74.1 Å². The van der Waals surface area contributed by atoms with Crippen LogP contribution in [0.4, 0.5) is 5.69 Å². The van der Waals surface area contributed by atoms with Crippen LogP contribution in [0, 0.1) is 13.8 Å². The van der Waals surface area contributed by atoms with Gasteiger partial charge in [-0.2, -0.15) is 0 Å². The summed E-state index contributed by atoms with van der Waals surface area (Å²) in [5, 5.41) is 12.8. The molecule has 35 heavy (non-hydrogen) atoms. The number of Topliss-reactive ketones (excluding diaryl/α,β-unsaturated/α-hetero) is 1. The van der Waals surface area contributed by atoms with E-state index in [0.29, 0.717) is 16.3 Å². The number of aliphatic hydroxyl groups excluding tert-OH is 1. The van der Waals surface area contributed by atoms with E-state index >= 15 is 0 Å². The summed E-state index contributed by atoms with van der Waals surface area (Å²) in [6, 6.07) is 17.3. The summed E-state index contributed by atoms with van der Waals surface area (Å²) < 4.78 is 1.95. The third-order valence-corrected chi connectivity index (χ3v) is 7.08. The number of rotatable bonds is 3. The molecule has 4 aromatic rings. The van der Waals surface area contributed by atoms with Crippen LogP contribution in [0.5, 0.6) is 0 Å². The van der Waals surface area contributed by atoms with Gasteiger partial charge in [-0.15, -0.1) is 0 Å². The molecule has 1 N–H and O–H groups in total. The highest BCUT2D eigenvalue weighted by atomic mass is 35.5. The van der Waals surface area contributed by atoms with Crippen LogP contribution in [-0.2, 0) is 16.6 Å². The molecule has 7 heteroatoms. The van der Waals surface area contributed by atoms with Gasteiger partial charge in [0.25, 0.3) is 11.7 Å². The maximum absolute atomic E-state index is 13.5. The van der Waals surface area contributed by atoms with Gasteiger partial charge in [0.05, 0.1) is 21.7 Å². The number of aromatic nitrogens is 1. The molecule has 1 aliphatic heterocycles. The van der Waals surface area contributed by atoms with Crippen LogP contribution in [0.1, 0.15) is 28.3 Å². The summed E-state index contributed by atoms with van der Waals surface area (Å²) >= 11 is 12.3. The van der Waals surface area contributed by atoms with Gasteiger partial charge in [-0.25, -0.2) is 0 Å². The second-order valence-electron chi connectivity index (χ2n) is 8.86. The van der Waals surface area contributed by atoms with Crippen molar-refractivity contribution in [2.45, 2.75) is 19.9 Å². The Morgan fingerprint density at radius 1 is 0.914 bits per heavy atom. The number of benzene rings is 3. The van der Waals surface area contributed by atoms with E-state index in [0.717, 1.165) is 27.6 Å². The number of hydrogen-bond acceptors (Lipinski definition) is 3. The van der Waals surface area contributed by atoms with Gasteiger partial charge in [0.2, 0.25) is 0 Å². The number of amides is 1. The topological polar surface area (TPSA) is 62.5 Å². The van der Waals surface area contributed by atoms with Gasteiger partial charge >= 0.3 is 0 Å². The van der Waals surface area contributed by atoms with E-state index in [-0.39, 0.29) is 16.4 Å². The summed E-state index contributed by atoms with van der Waals surface area (Å²) in [7, 11) is 1.91. The Balaban J connectivity index is 1.82. The number of halogens is 2. The van der Waals surface area contributed by atoms with Crippen molar-refractivity contribution >= 4 is 57.2 Å². The maximum atomic E-state index is 13.5. The van der Waals surface area contributed by atoms with Gasteiger partial charge in [-0.3, -0.25) is 14.5 Å². The monoisotopic (exact) mass is 504 g/mol. The Bertz CT molecular complexity index is 1550. The highest BCUT2D eigenvalue weighted by molar-refractivity contribution is 6.52. The lowest BCUT2D eigenvalue weighted by molar-refractivity contribution is -0.132. The van der Waals surface area contributed by atoms with Crippen LogP contribution < -0.4 is 4.90 Å². The average Bonchev–Trinajstić information content (AvgIpc) is 3.28. The molecule has 0 bridgehead atoms. The van der Waals surface area contributed by atoms with Gasteiger partial charge < -0.3 is 9.67 Å². The first-order valence-electron chi connectivity index (χ1n) is 11.1. The van der Waals surface area contributed by atoms with Gasteiger partial charge in [-0.05, 0) is 61.4 Å². The Labute approximate surface area is 212 Å². The minimum absolute atomic E-state index is 0.00361. The average molecular weight is 505 g/mol. The second kappa shape index (κ2) is 8.59. The molecule has 2 heterocycles. The minimum atomic E-state index is -0.836. The first-order valence-corrected chi connectivity index (χ1v) is 11.8. The zero-order valence-corrected chi connectivity index (χ0v) is 20.9. The van der Waals surface area contributed by atoms with Crippen molar-refractivity contribution in [2.75, 3.05) is 4.90 Å². The molecule has 0 radical (unpaired) electrons. The molecule has 1 unspecified atom stereocenters. The fraction of sp³-hybridized carbons (Fsp3) is 0.143. The standard InChI is InChI=1S/C28H22Cl2N2O3/c1-15-10-16(2)12-18(11-15)32-25(20-14-31(3)23-7-5-4-6-19(20)23)24(27(34)28(32)35)26(33)17-8-9-21(29)22(30)13-17/h4-14,25,33H,1-3H3/b26-24+. The molecule has 0 spiro atoms. The largest absolute Gasteiger partial charge is 0.507 e. The van der Waals surface area contributed by atoms with Crippen LogP contribution in [0.15, 0.2) is 72.4 Å². The second-order valence-corrected chi connectivity index (χ2v) is 9.67. The Hall–Kier alpha value is -3.54. The zero-order chi connectivity index (χ0) is 25.0. The van der Waals surface area contributed by atoms with Crippen molar-refractivity contribution in [3.63, 3.8) is 0 Å². The Morgan fingerprint density at radius 3 is 2.29 bits per heavy atom. The number of hydrogen-bond donors (Lipinski definition) is 1. The van der Waals surface area contributed by atoms with E-state index in [1.165, 1.54) is 11.0 Å². The number of carbonyl (C=O) groups excluding carboxylic acids is 2. The van der Waals surface area contributed by atoms with E-state index in [2.05, 4.69) is 0 Å². The predicted molar refractivity (Wildman–Crippen MR) is 140 cm³/mol. The maximum Gasteiger partial charge on any atom is 0.300 e. The zero-order valence-electron chi connectivity index (χ0n) is 19.3. The fourth-order valence-electron chi connectivity index (χ4n) is 4.87. The molecule has 5 nitrogen and oxygen atoms in total. The molecule has 5 rings (SSSR count). The molecule has 1 amide bonds. The summed E-state index contributed by atoms with van der Waals surface area (Å²) in [6.45, 7) is 3.88. The van der Waals surface area contributed by atoms with Gasteiger partial charge in [0.1, 0.15) is 5.76 Å². The summed E-state index contributed by atoms with van der Waals surface area (Å²) in [6.07, 6.45) is 1.90. The third kappa shape index (κ3) is 3.81. The summed E-state index contributed by atoms with van der Waals surface area (Å²) in [5.41, 5.74) is 4.51. The number of nitrogens with zero attached hydrogens (tertiary/aromatic N) is 2.